The van der Waals surface area contributed by atoms with Crippen LogP contribution in [-0.4, -0.2) is 15.4 Å². The van der Waals surface area contributed by atoms with Crippen LogP contribution in [0.2, 0.25) is 0 Å². The van der Waals surface area contributed by atoms with Gasteiger partial charge in [-0.25, -0.2) is 0 Å². The van der Waals surface area contributed by atoms with E-state index in [0.717, 1.165) is 10.1 Å². The summed E-state index contributed by atoms with van der Waals surface area (Å²) < 4.78 is 8.08. The Morgan fingerprint density at radius 3 is 2.85 bits per heavy atom. The minimum atomic E-state index is -0.509. The highest BCUT2D eigenvalue weighted by Crippen LogP contribution is 2.24. The second-order valence-corrected chi connectivity index (χ2v) is 6.77. The summed E-state index contributed by atoms with van der Waals surface area (Å²) in [7, 11) is 0. The highest BCUT2D eigenvalue weighted by atomic mass is 32.1. The van der Waals surface area contributed by atoms with Gasteiger partial charge in [0.1, 0.15) is 5.58 Å². The van der Waals surface area contributed by atoms with Crippen LogP contribution < -0.4 is 4.80 Å². The van der Waals surface area contributed by atoms with Crippen LogP contribution in [0.15, 0.2) is 70.6 Å². The second-order valence-electron chi connectivity index (χ2n) is 5.76. The molecule has 0 fully saturated rings. The number of aromatic nitrogens is 1. The van der Waals surface area contributed by atoms with E-state index < -0.39 is 10.8 Å². The Bertz CT molecular complexity index is 1250. The number of nitro groups is 1. The quantitative estimate of drug-likeness (QED) is 0.300. The SMILES string of the molecule is C=CCn1c(=NC(=O)c2cc3ccccc3o2)sc2ccc([N+](=O)[O-])cc21. The molecule has 0 saturated carbocycles. The predicted molar refractivity (Wildman–Crippen MR) is 103 cm³/mol. The van der Waals surface area contributed by atoms with E-state index in [4.69, 9.17) is 4.42 Å². The lowest BCUT2D eigenvalue weighted by molar-refractivity contribution is -0.384. The summed E-state index contributed by atoms with van der Waals surface area (Å²) in [5, 5.41) is 11.9. The number of carbonyl (C=O) groups excluding carboxylic acids is 1. The molecule has 7 nitrogen and oxygen atoms in total. The molecule has 0 bridgehead atoms. The van der Waals surface area contributed by atoms with Crippen LogP contribution in [0.1, 0.15) is 10.6 Å². The molecule has 0 atom stereocenters. The maximum atomic E-state index is 12.6. The number of furan rings is 1. The van der Waals surface area contributed by atoms with E-state index in [1.807, 2.05) is 18.2 Å². The third kappa shape index (κ3) is 3.06. The molecule has 0 radical (unpaired) electrons. The number of allylic oxidation sites excluding steroid dienone is 1. The lowest BCUT2D eigenvalue weighted by atomic mass is 10.2. The first kappa shape index (κ1) is 16.9. The maximum Gasteiger partial charge on any atom is 0.315 e. The fourth-order valence-electron chi connectivity index (χ4n) is 2.79. The Hall–Kier alpha value is -3.52. The Kier molecular flexibility index (Phi) is 4.17. The standard InChI is InChI=1S/C19H13N3O4S/c1-2-9-21-14-11-13(22(24)25)7-8-17(14)27-19(21)20-18(23)16-10-12-5-3-4-6-15(12)26-16/h2-8,10-11H,1,9H2. The number of benzene rings is 2. The van der Waals surface area contributed by atoms with Crippen LogP contribution >= 0.6 is 11.3 Å². The van der Waals surface area contributed by atoms with Gasteiger partial charge in [-0.2, -0.15) is 4.99 Å². The summed E-state index contributed by atoms with van der Waals surface area (Å²) in [6.45, 7) is 4.08. The zero-order valence-electron chi connectivity index (χ0n) is 14.0. The van der Waals surface area contributed by atoms with Gasteiger partial charge in [0.15, 0.2) is 10.6 Å². The van der Waals surface area contributed by atoms with Crippen molar-refractivity contribution in [1.82, 2.24) is 4.57 Å². The van der Waals surface area contributed by atoms with Crippen molar-refractivity contribution in [2.24, 2.45) is 4.99 Å². The van der Waals surface area contributed by atoms with E-state index in [1.165, 1.54) is 23.5 Å². The number of rotatable bonds is 4. The first-order chi connectivity index (χ1) is 13.1. The van der Waals surface area contributed by atoms with E-state index in [-0.39, 0.29) is 11.4 Å². The molecule has 0 unspecified atom stereocenters. The van der Waals surface area contributed by atoms with Gasteiger partial charge in [-0.3, -0.25) is 14.9 Å². The van der Waals surface area contributed by atoms with E-state index in [0.29, 0.717) is 22.4 Å². The number of nitro benzene ring substituents is 1. The second kappa shape index (κ2) is 6.65. The average molecular weight is 379 g/mol. The summed E-state index contributed by atoms with van der Waals surface area (Å²) in [5.41, 5.74) is 1.22. The van der Waals surface area contributed by atoms with E-state index in [1.54, 1.807) is 28.8 Å². The molecule has 134 valence electrons. The van der Waals surface area contributed by atoms with Crippen molar-refractivity contribution in [1.29, 1.82) is 0 Å². The number of hydrogen-bond donors (Lipinski definition) is 0. The monoisotopic (exact) mass is 379 g/mol. The lowest BCUT2D eigenvalue weighted by Gasteiger charge is -2.00. The van der Waals surface area contributed by atoms with Crippen molar-refractivity contribution in [2.45, 2.75) is 6.54 Å². The molecule has 2 aromatic carbocycles. The van der Waals surface area contributed by atoms with Crippen molar-refractivity contribution in [3.05, 3.63) is 81.9 Å². The molecule has 27 heavy (non-hydrogen) atoms. The normalized spacial score (nSPS) is 11.9. The van der Waals surface area contributed by atoms with Gasteiger partial charge in [0, 0.05) is 24.1 Å². The Morgan fingerprint density at radius 2 is 2.11 bits per heavy atom. The fraction of sp³-hybridized carbons (Fsp3) is 0.0526. The minimum Gasteiger partial charge on any atom is -0.451 e. The third-order valence-electron chi connectivity index (χ3n) is 4.02. The zero-order valence-corrected chi connectivity index (χ0v) is 14.8. The Morgan fingerprint density at radius 1 is 1.30 bits per heavy atom. The van der Waals surface area contributed by atoms with Crippen LogP contribution in [0.5, 0.6) is 0 Å². The molecular formula is C19H13N3O4S. The Balaban J connectivity index is 1.85. The number of hydrogen-bond acceptors (Lipinski definition) is 5. The largest absolute Gasteiger partial charge is 0.451 e. The van der Waals surface area contributed by atoms with Crippen molar-refractivity contribution in [2.75, 3.05) is 0 Å². The molecule has 0 spiro atoms. The lowest BCUT2D eigenvalue weighted by Crippen LogP contribution is -2.16. The predicted octanol–water partition coefficient (Wildman–Crippen LogP) is 4.28. The van der Waals surface area contributed by atoms with Gasteiger partial charge < -0.3 is 8.98 Å². The number of amides is 1. The summed E-state index contributed by atoms with van der Waals surface area (Å²) in [5.74, 6) is -0.366. The fourth-order valence-corrected chi connectivity index (χ4v) is 3.81. The zero-order chi connectivity index (χ0) is 19.0. The van der Waals surface area contributed by atoms with Crippen molar-refractivity contribution < 1.29 is 14.1 Å². The summed E-state index contributed by atoms with van der Waals surface area (Å²) in [4.78, 5) is 27.8. The molecule has 8 heteroatoms. The number of thiazole rings is 1. The van der Waals surface area contributed by atoms with E-state index in [9.17, 15) is 14.9 Å². The molecule has 0 aliphatic rings. The smallest absolute Gasteiger partial charge is 0.315 e. The first-order valence-corrected chi connectivity index (χ1v) is 8.85. The summed E-state index contributed by atoms with van der Waals surface area (Å²) >= 11 is 1.28. The van der Waals surface area contributed by atoms with Crippen molar-refractivity contribution in [3.63, 3.8) is 0 Å². The highest BCUT2D eigenvalue weighted by molar-refractivity contribution is 7.16. The van der Waals surface area contributed by atoms with E-state index >= 15 is 0 Å². The molecule has 0 saturated heterocycles. The molecule has 0 N–H and O–H groups in total. The molecule has 2 aromatic heterocycles. The van der Waals surface area contributed by atoms with Crippen LogP contribution in [0.3, 0.4) is 0 Å². The Labute approximate surface area is 156 Å². The topological polar surface area (TPSA) is 90.6 Å². The number of carbonyl (C=O) groups is 1. The summed E-state index contributed by atoms with van der Waals surface area (Å²) in [6.07, 6.45) is 1.65. The summed E-state index contributed by atoms with van der Waals surface area (Å²) in [6, 6.07) is 13.5. The van der Waals surface area contributed by atoms with Crippen molar-refractivity contribution >= 4 is 44.1 Å². The third-order valence-corrected chi connectivity index (χ3v) is 5.08. The molecule has 0 aliphatic heterocycles. The van der Waals surface area contributed by atoms with Crippen LogP contribution in [0.25, 0.3) is 21.2 Å². The minimum absolute atomic E-state index is 0.0201. The first-order valence-electron chi connectivity index (χ1n) is 8.03. The van der Waals surface area contributed by atoms with Crippen LogP contribution in [-0.2, 0) is 6.54 Å². The molecule has 4 rings (SSSR count). The van der Waals surface area contributed by atoms with Crippen LogP contribution in [0, 0.1) is 10.1 Å². The van der Waals surface area contributed by atoms with Gasteiger partial charge >= 0.3 is 5.91 Å². The van der Waals surface area contributed by atoms with Gasteiger partial charge in [0.2, 0.25) is 0 Å². The average Bonchev–Trinajstić information content (AvgIpc) is 3.23. The molecular weight excluding hydrogens is 366 g/mol. The van der Waals surface area contributed by atoms with Gasteiger partial charge in [-0.15, -0.1) is 6.58 Å². The molecule has 4 aromatic rings. The van der Waals surface area contributed by atoms with Gasteiger partial charge in [-0.1, -0.05) is 35.6 Å². The number of nitrogens with zero attached hydrogens (tertiary/aromatic N) is 3. The van der Waals surface area contributed by atoms with Gasteiger partial charge in [0.05, 0.1) is 15.1 Å². The molecule has 1 amide bonds. The highest BCUT2D eigenvalue weighted by Gasteiger charge is 2.15. The molecule has 2 heterocycles. The maximum absolute atomic E-state index is 12.6. The number of para-hydroxylation sites is 1. The molecule has 0 aliphatic carbocycles. The van der Waals surface area contributed by atoms with Crippen molar-refractivity contribution in [3.8, 4) is 0 Å². The number of fused-ring (bicyclic) bond motifs is 2. The van der Waals surface area contributed by atoms with E-state index in [2.05, 4.69) is 11.6 Å². The van der Waals surface area contributed by atoms with Gasteiger partial charge in [-0.05, 0) is 18.2 Å². The van der Waals surface area contributed by atoms with Gasteiger partial charge in [0.25, 0.3) is 5.69 Å². The van der Waals surface area contributed by atoms with Crippen LogP contribution in [0.4, 0.5) is 5.69 Å². The number of non-ortho nitro benzene ring substituents is 1.